The normalized spacial score (nSPS) is 16.5. The lowest BCUT2D eigenvalue weighted by Gasteiger charge is -2.45. The highest BCUT2D eigenvalue weighted by molar-refractivity contribution is 6.03. The van der Waals surface area contributed by atoms with Crippen LogP contribution in [0.2, 0.25) is 0 Å². The van der Waals surface area contributed by atoms with Crippen molar-refractivity contribution in [2.24, 2.45) is 0 Å². The third-order valence-corrected chi connectivity index (χ3v) is 7.09. The van der Waals surface area contributed by atoms with Gasteiger partial charge >= 0.3 is 6.18 Å². The van der Waals surface area contributed by atoms with E-state index in [1.54, 1.807) is 46.4 Å². The van der Waals surface area contributed by atoms with Gasteiger partial charge in [0.05, 0.1) is 18.4 Å². The lowest BCUT2D eigenvalue weighted by molar-refractivity contribution is -0.208. The highest BCUT2D eigenvalue weighted by Gasteiger charge is 2.43. The molecule has 1 aliphatic heterocycles. The van der Waals surface area contributed by atoms with Gasteiger partial charge in [0.25, 0.3) is 5.91 Å². The average Bonchev–Trinajstić information content (AvgIpc) is 3.50. The number of nitrogen functional groups attached to an aromatic ring is 1. The third kappa shape index (κ3) is 4.63. The molecule has 210 valence electrons. The van der Waals surface area contributed by atoms with Crippen LogP contribution in [-0.2, 0) is 16.1 Å². The molecule has 40 heavy (non-hydrogen) atoms. The second kappa shape index (κ2) is 9.62. The van der Waals surface area contributed by atoms with E-state index >= 15 is 0 Å². The number of amides is 2. The van der Waals surface area contributed by atoms with Gasteiger partial charge in [0.2, 0.25) is 5.91 Å². The number of carbonyl (C=O) groups is 2. The summed E-state index contributed by atoms with van der Waals surface area (Å²) in [6.45, 7) is 4.81. The standard InChI is InChI=1S/C26H27F3N8O3/c1-15(38)36-8-7-35(24(40)25(36,2)3)18-6-4-5-16(9-18)20-10-19(22-23(30)31-14-33-37(20)22)17-11-32-34(12-17)13-21(39)26(27,28)29/h4-6,9-12,14,21,39H,7-8,13H2,1-3H3,(H2,30,31,33). The van der Waals surface area contributed by atoms with Gasteiger partial charge in [0, 0.05) is 48.6 Å². The SMILES string of the molecule is CC(=O)N1CCN(c2cccc(-c3cc(-c4cnn(CC(O)C(F)(F)F)c4)c4c(N)ncnn34)c2)C(=O)C1(C)C. The second-order valence-corrected chi connectivity index (χ2v) is 10.1. The van der Waals surface area contributed by atoms with Crippen LogP contribution in [0.1, 0.15) is 20.8 Å². The Kier molecular flexibility index (Phi) is 6.53. The van der Waals surface area contributed by atoms with Gasteiger partial charge in [-0.3, -0.25) is 14.3 Å². The number of piperazine rings is 1. The number of aliphatic hydroxyl groups excluding tert-OH is 1. The molecule has 4 aromatic rings. The number of benzene rings is 1. The first kappa shape index (κ1) is 27.1. The number of alkyl halides is 3. The molecule has 1 saturated heterocycles. The van der Waals surface area contributed by atoms with Crippen molar-refractivity contribution in [2.75, 3.05) is 23.7 Å². The molecule has 1 unspecified atom stereocenters. The van der Waals surface area contributed by atoms with Crippen LogP contribution < -0.4 is 10.6 Å². The quantitative estimate of drug-likeness (QED) is 0.386. The van der Waals surface area contributed by atoms with Crippen LogP contribution in [-0.4, -0.2) is 77.1 Å². The molecule has 14 heteroatoms. The zero-order valence-electron chi connectivity index (χ0n) is 21.9. The van der Waals surface area contributed by atoms with Crippen LogP contribution in [0.15, 0.2) is 49.1 Å². The Morgan fingerprint density at radius 3 is 2.62 bits per heavy atom. The van der Waals surface area contributed by atoms with E-state index in [9.17, 15) is 27.9 Å². The summed E-state index contributed by atoms with van der Waals surface area (Å²) >= 11 is 0. The van der Waals surface area contributed by atoms with Gasteiger partial charge in [0.15, 0.2) is 11.9 Å². The van der Waals surface area contributed by atoms with Crippen molar-refractivity contribution in [2.45, 2.75) is 45.1 Å². The number of anilines is 2. The van der Waals surface area contributed by atoms with Gasteiger partial charge in [-0.05, 0) is 32.0 Å². The average molecular weight is 557 g/mol. The largest absolute Gasteiger partial charge is 0.416 e. The molecular formula is C26H27F3N8O3. The molecule has 3 aromatic heterocycles. The van der Waals surface area contributed by atoms with Gasteiger partial charge in [-0.1, -0.05) is 12.1 Å². The van der Waals surface area contributed by atoms with Gasteiger partial charge in [-0.25, -0.2) is 9.50 Å². The summed E-state index contributed by atoms with van der Waals surface area (Å²) < 4.78 is 41.1. The molecule has 1 aliphatic rings. The van der Waals surface area contributed by atoms with Crippen molar-refractivity contribution < 1.29 is 27.9 Å². The molecule has 0 aliphatic carbocycles. The lowest BCUT2D eigenvalue weighted by atomic mass is 9.96. The number of nitrogens with two attached hydrogens (primary N) is 1. The third-order valence-electron chi connectivity index (χ3n) is 7.09. The topological polar surface area (TPSA) is 135 Å². The zero-order valence-corrected chi connectivity index (χ0v) is 21.9. The maximum atomic E-state index is 13.4. The molecular weight excluding hydrogens is 529 g/mol. The number of halogens is 3. The molecule has 3 N–H and O–H groups in total. The molecule has 4 heterocycles. The summed E-state index contributed by atoms with van der Waals surface area (Å²) in [5, 5.41) is 17.8. The summed E-state index contributed by atoms with van der Waals surface area (Å²) in [5.41, 5.74) is 8.49. The summed E-state index contributed by atoms with van der Waals surface area (Å²) in [4.78, 5) is 32.7. The molecule has 1 aromatic carbocycles. The van der Waals surface area contributed by atoms with E-state index < -0.39 is 24.4 Å². The maximum Gasteiger partial charge on any atom is 0.416 e. The van der Waals surface area contributed by atoms with Crippen molar-refractivity contribution in [3.05, 3.63) is 49.1 Å². The summed E-state index contributed by atoms with van der Waals surface area (Å²) in [6.07, 6.45) is -3.30. The van der Waals surface area contributed by atoms with Gasteiger partial charge in [-0.15, -0.1) is 0 Å². The number of aromatic nitrogens is 5. The minimum atomic E-state index is -4.78. The van der Waals surface area contributed by atoms with Gasteiger partial charge in [0.1, 0.15) is 17.4 Å². The Morgan fingerprint density at radius 1 is 1.18 bits per heavy atom. The van der Waals surface area contributed by atoms with Crippen LogP contribution in [0, 0.1) is 0 Å². The predicted octanol–water partition coefficient (Wildman–Crippen LogP) is 2.74. The second-order valence-electron chi connectivity index (χ2n) is 10.1. The fraction of sp³-hybridized carbons (Fsp3) is 0.346. The van der Waals surface area contributed by atoms with E-state index in [4.69, 9.17) is 5.73 Å². The van der Waals surface area contributed by atoms with Crippen LogP contribution in [0.3, 0.4) is 0 Å². The highest BCUT2D eigenvalue weighted by atomic mass is 19.4. The van der Waals surface area contributed by atoms with E-state index in [1.165, 1.54) is 25.6 Å². The van der Waals surface area contributed by atoms with E-state index in [2.05, 4.69) is 15.2 Å². The first-order valence-corrected chi connectivity index (χ1v) is 12.4. The number of carbonyl (C=O) groups excluding carboxylic acids is 2. The zero-order chi connectivity index (χ0) is 29.0. The first-order valence-electron chi connectivity index (χ1n) is 12.4. The molecule has 1 fully saturated rings. The summed E-state index contributed by atoms with van der Waals surface area (Å²) in [6, 6.07) is 9.02. The monoisotopic (exact) mass is 556 g/mol. The fourth-order valence-corrected chi connectivity index (χ4v) is 5.03. The minimum absolute atomic E-state index is 0.146. The molecule has 0 saturated carbocycles. The van der Waals surface area contributed by atoms with Crippen molar-refractivity contribution >= 4 is 28.8 Å². The fourth-order valence-electron chi connectivity index (χ4n) is 5.03. The van der Waals surface area contributed by atoms with E-state index in [0.717, 1.165) is 4.68 Å². The Bertz CT molecular complexity index is 1610. The van der Waals surface area contributed by atoms with Gasteiger partial charge in [-0.2, -0.15) is 23.4 Å². The Balaban J connectivity index is 1.54. The minimum Gasteiger partial charge on any atom is -0.382 e. The van der Waals surface area contributed by atoms with Crippen molar-refractivity contribution in [3.63, 3.8) is 0 Å². The number of hydrogen-bond donors (Lipinski definition) is 2. The smallest absolute Gasteiger partial charge is 0.382 e. The highest BCUT2D eigenvalue weighted by Crippen LogP contribution is 2.36. The predicted molar refractivity (Wildman–Crippen MR) is 140 cm³/mol. The molecule has 1 atom stereocenters. The molecule has 0 radical (unpaired) electrons. The molecule has 2 amide bonds. The van der Waals surface area contributed by atoms with Crippen molar-refractivity contribution in [3.8, 4) is 22.4 Å². The Labute approximate surface area is 226 Å². The molecule has 0 spiro atoms. The molecule has 5 rings (SSSR count). The van der Waals surface area contributed by atoms with Crippen molar-refractivity contribution in [1.82, 2.24) is 29.3 Å². The Morgan fingerprint density at radius 2 is 1.93 bits per heavy atom. The number of nitrogens with zero attached hydrogens (tertiary/aromatic N) is 7. The van der Waals surface area contributed by atoms with Crippen LogP contribution in [0.25, 0.3) is 27.9 Å². The number of rotatable bonds is 5. The van der Waals surface area contributed by atoms with Gasteiger partial charge < -0.3 is 20.6 Å². The van der Waals surface area contributed by atoms with Crippen LogP contribution in [0.4, 0.5) is 24.7 Å². The van der Waals surface area contributed by atoms with Crippen molar-refractivity contribution in [1.29, 1.82) is 0 Å². The number of aliphatic hydroxyl groups is 1. The first-order chi connectivity index (χ1) is 18.8. The number of hydrogen-bond acceptors (Lipinski definition) is 7. The summed E-state index contributed by atoms with van der Waals surface area (Å²) in [7, 11) is 0. The van der Waals surface area contributed by atoms with E-state index in [1.807, 2.05) is 12.1 Å². The maximum absolute atomic E-state index is 13.4. The van der Waals surface area contributed by atoms with E-state index in [0.29, 0.717) is 46.7 Å². The summed E-state index contributed by atoms with van der Waals surface area (Å²) in [5.74, 6) is -0.243. The van der Waals surface area contributed by atoms with Crippen LogP contribution in [0.5, 0.6) is 0 Å². The Hall–Kier alpha value is -4.46. The van der Waals surface area contributed by atoms with Crippen LogP contribution >= 0.6 is 0 Å². The number of fused-ring (bicyclic) bond motifs is 1. The molecule has 11 nitrogen and oxygen atoms in total. The van der Waals surface area contributed by atoms with E-state index in [-0.39, 0.29) is 17.6 Å². The lowest BCUT2D eigenvalue weighted by Crippen LogP contribution is -2.64. The molecule has 0 bridgehead atoms.